The molecule has 0 aliphatic rings. The van der Waals surface area contributed by atoms with E-state index in [0.717, 1.165) is 12.0 Å². The van der Waals surface area contributed by atoms with Crippen molar-refractivity contribution in [3.05, 3.63) is 89.5 Å². The van der Waals surface area contributed by atoms with Crippen LogP contribution in [-0.4, -0.2) is 35.2 Å². The molecule has 7 heteroatoms. The van der Waals surface area contributed by atoms with Crippen LogP contribution in [0.3, 0.4) is 0 Å². The van der Waals surface area contributed by atoms with Gasteiger partial charge in [-0.1, -0.05) is 49.4 Å². The van der Waals surface area contributed by atoms with Crippen LogP contribution in [0.4, 0.5) is 5.69 Å². The predicted molar refractivity (Wildman–Crippen MR) is 122 cm³/mol. The Morgan fingerprint density at radius 2 is 1.69 bits per heavy atom. The Balaban J connectivity index is 1.82. The third-order valence-corrected chi connectivity index (χ3v) is 5.05. The Kier molecular flexibility index (Phi) is 7.46. The zero-order chi connectivity index (χ0) is 23.1. The van der Waals surface area contributed by atoms with Gasteiger partial charge in [0.05, 0.1) is 13.2 Å². The number of benzene rings is 3. The molecule has 4 N–H and O–H groups in total. The van der Waals surface area contributed by atoms with Crippen LogP contribution >= 0.6 is 0 Å². The number of carbonyl (C=O) groups is 2. The third kappa shape index (κ3) is 5.65. The molecule has 2 amide bonds. The maximum atomic E-state index is 12.8. The number of rotatable bonds is 8. The summed E-state index contributed by atoms with van der Waals surface area (Å²) in [4.78, 5) is 25.6. The smallest absolute Gasteiger partial charge is 0.255 e. The summed E-state index contributed by atoms with van der Waals surface area (Å²) in [5, 5.41) is 26.0. The summed E-state index contributed by atoms with van der Waals surface area (Å²) in [6.07, 6.45) is -0.739. The predicted octanol–water partition coefficient (Wildman–Crippen LogP) is 3.43. The van der Waals surface area contributed by atoms with Crippen molar-refractivity contribution in [2.24, 2.45) is 0 Å². The van der Waals surface area contributed by atoms with E-state index in [0.29, 0.717) is 16.9 Å². The summed E-state index contributed by atoms with van der Waals surface area (Å²) in [5.74, 6) is -0.906. The van der Waals surface area contributed by atoms with Crippen molar-refractivity contribution in [3.63, 3.8) is 0 Å². The number of carbonyl (C=O) groups excluding carboxylic acids is 2. The molecular formula is C25H26N2O5. The molecule has 0 heterocycles. The summed E-state index contributed by atoms with van der Waals surface area (Å²) in [6.45, 7) is 2.03. The summed E-state index contributed by atoms with van der Waals surface area (Å²) in [6, 6.07) is 19.2. The first-order valence-electron chi connectivity index (χ1n) is 10.2. The van der Waals surface area contributed by atoms with Crippen LogP contribution in [-0.2, 0) is 11.2 Å². The largest absolute Gasteiger partial charge is 0.508 e. The first kappa shape index (κ1) is 22.8. The summed E-state index contributed by atoms with van der Waals surface area (Å²) in [7, 11) is 1.43. The molecule has 0 bridgehead atoms. The number of aliphatic hydroxyl groups excluding tert-OH is 1. The highest BCUT2D eigenvalue weighted by molar-refractivity contribution is 5.97. The quantitative estimate of drug-likeness (QED) is 0.434. The van der Waals surface area contributed by atoms with Gasteiger partial charge in [0, 0.05) is 29.4 Å². The number of amides is 2. The van der Waals surface area contributed by atoms with Crippen LogP contribution in [0.5, 0.6) is 11.5 Å². The van der Waals surface area contributed by atoms with Crippen molar-refractivity contribution >= 4 is 17.5 Å². The number of phenolic OH excluding ortho intramolecular Hbond substituents is 1. The van der Waals surface area contributed by atoms with Gasteiger partial charge < -0.3 is 25.6 Å². The van der Waals surface area contributed by atoms with Crippen molar-refractivity contribution in [1.29, 1.82) is 0 Å². The topological polar surface area (TPSA) is 108 Å². The lowest BCUT2D eigenvalue weighted by atomic mass is 9.99. The highest BCUT2D eigenvalue weighted by Crippen LogP contribution is 2.26. The maximum absolute atomic E-state index is 12.8. The molecule has 0 fully saturated rings. The van der Waals surface area contributed by atoms with Gasteiger partial charge in [0.2, 0.25) is 0 Å². The minimum atomic E-state index is -1.59. The van der Waals surface area contributed by atoms with Gasteiger partial charge >= 0.3 is 0 Å². The first-order chi connectivity index (χ1) is 15.4. The number of hydrogen-bond acceptors (Lipinski definition) is 5. The number of aryl methyl sites for hydroxylation is 1. The normalized spacial score (nSPS) is 12.5. The van der Waals surface area contributed by atoms with Gasteiger partial charge in [0.1, 0.15) is 11.5 Å². The Labute approximate surface area is 186 Å². The van der Waals surface area contributed by atoms with Crippen LogP contribution in [0.1, 0.15) is 34.5 Å². The molecule has 0 aliphatic carbocycles. The minimum Gasteiger partial charge on any atom is -0.508 e. The molecule has 32 heavy (non-hydrogen) atoms. The van der Waals surface area contributed by atoms with E-state index in [9.17, 15) is 19.8 Å². The Morgan fingerprint density at radius 3 is 2.31 bits per heavy atom. The van der Waals surface area contributed by atoms with Crippen LogP contribution in [0.25, 0.3) is 0 Å². The zero-order valence-electron chi connectivity index (χ0n) is 17.9. The second kappa shape index (κ2) is 10.5. The van der Waals surface area contributed by atoms with Gasteiger partial charge in [0.15, 0.2) is 6.10 Å². The highest BCUT2D eigenvalue weighted by Gasteiger charge is 2.29. The molecule has 0 radical (unpaired) electrons. The molecule has 3 rings (SSSR count). The number of hydrogen-bond donors (Lipinski definition) is 4. The monoisotopic (exact) mass is 434 g/mol. The maximum Gasteiger partial charge on any atom is 0.255 e. The van der Waals surface area contributed by atoms with Gasteiger partial charge in [-0.25, -0.2) is 0 Å². The minimum absolute atomic E-state index is 0.0995. The molecule has 0 aromatic heterocycles. The van der Waals surface area contributed by atoms with Crippen molar-refractivity contribution in [1.82, 2.24) is 5.32 Å². The summed E-state index contributed by atoms with van der Waals surface area (Å²) < 4.78 is 5.08. The van der Waals surface area contributed by atoms with Crippen LogP contribution in [0, 0.1) is 0 Å². The Bertz CT molecular complexity index is 1070. The van der Waals surface area contributed by atoms with Crippen molar-refractivity contribution in [3.8, 4) is 11.5 Å². The highest BCUT2D eigenvalue weighted by atomic mass is 16.5. The number of anilines is 1. The third-order valence-electron chi connectivity index (χ3n) is 5.05. The van der Waals surface area contributed by atoms with E-state index >= 15 is 0 Å². The van der Waals surface area contributed by atoms with Crippen molar-refractivity contribution in [2.45, 2.75) is 25.5 Å². The van der Waals surface area contributed by atoms with E-state index in [-0.39, 0.29) is 11.4 Å². The zero-order valence-corrected chi connectivity index (χ0v) is 17.9. The van der Waals surface area contributed by atoms with Crippen LogP contribution < -0.4 is 15.4 Å². The molecule has 0 saturated carbocycles. The van der Waals surface area contributed by atoms with E-state index in [1.165, 1.54) is 25.3 Å². The second-order valence-electron chi connectivity index (χ2n) is 7.27. The first-order valence-corrected chi connectivity index (χ1v) is 10.2. The molecule has 0 spiro atoms. The van der Waals surface area contributed by atoms with Crippen LogP contribution in [0.15, 0.2) is 72.8 Å². The summed E-state index contributed by atoms with van der Waals surface area (Å²) in [5.41, 5.74) is 2.34. The summed E-state index contributed by atoms with van der Waals surface area (Å²) >= 11 is 0. The molecule has 3 aromatic carbocycles. The van der Waals surface area contributed by atoms with Crippen LogP contribution in [0.2, 0.25) is 0 Å². The lowest BCUT2D eigenvalue weighted by molar-refractivity contribution is -0.125. The average Bonchev–Trinajstić information content (AvgIpc) is 2.82. The van der Waals surface area contributed by atoms with Gasteiger partial charge in [-0.15, -0.1) is 0 Å². The van der Waals surface area contributed by atoms with E-state index < -0.39 is 24.0 Å². The molecule has 0 unspecified atom stereocenters. The van der Waals surface area contributed by atoms with Crippen molar-refractivity contribution in [2.75, 3.05) is 12.4 Å². The number of ether oxygens (including phenoxy) is 1. The molecule has 3 aromatic rings. The fourth-order valence-electron chi connectivity index (χ4n) is 3.26. The Morgan fingerprint density at radius 1 is 1.00 bits per heavy atom. The average molecular weight is 434 g/mol. The van der Waals surface area contributed by atoms with E-state index in [2.05, 4.69) is 10.6 Å². The number of nitrogens with one attached hydrogen (secondary N) is 2. The molecule has 2 atom stereocenters. The fourth-order valence-corrected chi connectivity index (χ4v) is 3.26. The fraction of sp³-hybridized carbons (Fsp3) is 0.200. The SMILES string of the molecule is CCc1ccc(C(=O)N[C@@H](c2ccccc2)[C@@H](O)C(=O)Nc2cc(O)cc(OC)c2)cc1. The standard InChI is InChI=1S/C25H26N2O5/c1-3-16-9-11-18(12-10-16)24(30)27-22(17-7-5-4-6-8-17)23(29)25(31)26-19-13-20(28)15-21(14-19)32-2/h4-15,22-23,28-29H,3H2,1-2H3,(H,26,31)(H,27,30)/t22-,23+/m0/s1. The number of phenols is 1. The van der Waals surface area contributed by atoms with Crippen molar-refractivity contribution < 1.29 is 24.5 Å². The number of aliphatic hydroxyl groups is 1. The van der Waals surface area contributed by atoms with Gasteiger partial charge in [-0.3, -0.25) is 9.59 Å². The number of methoxy groups -OCH3 is 1. The van der Waals surface area contributed by atoms with E-state index in [1.54, 1.807) is 42.5 Å². The molecule has 0 saturated heterocycles. The Hall–Kier alpha value is -3.84. The lowest BCUT2D eigenvalue weighted by Crippen LogP contribution is -2.42. The second-order valence-corrected chi connectivity index (χ2v) is 7.27. The number of aromatic hydroxyl groups is 1. The molecular weight excluding hydrogens is 408 g/mol. The molecule has 0 aliphatic heterocycles. The van der Waals surface area contributed by atoms with Gasteiger partial charge in [0.25, 0.3) is 11.8 Å². The van der Waals surface area contributed by atoms with E-state index in [4.69, 9.17) is 4.74 Å². The lowest BCUT2D eigenvalue weighted by Gasteiger charge is -2.24. The van der Waals surface area contributed by atoms with E-state index in [1.807, 2.05) is 19.1 Å². The van der Waals surface area contributed by atoms with Gasteiger partial charge in [-0.05, 0) is 29.7 Å². The van der Waals surface area contributed by atoms with Gasteiger partial charge in [-0.2, -0.15) is 0 Å². The molecule has 166 valence electrons. The molecule has 7 nitrogen and oxygen atoms in total.